The second kappa shape index (κ2) is 8.69. The van der Waals surface area contributed by atoms with E-state index in [9.17, 15) is 15.2 Å². The molecule has 0 aliphatic heterocycles. The zero-order chi connectivity index (χ0) is 22.8. The van der Waals surface area contributed by atoms with E-state index < -0.39 is 5.97 Å². The molecule has 0 bridgehead atoms. The van der Waals surface area contributed by atoms with E-state index in [1.807, 2.05) is 71.4 Å². The Morgan fingerprint density at radius 2 is 1.85 bits per heavy atom. The number of aliphatic carboxylic acids is 1. The maximum Gasteiger partial charge on any atom is 0.342 e. The number of nitrogens with zero attached hydrogens (tertiary/aromatic N) is 3. The van der Waals surface area contributed by atoms with Crippen LogP contribution in [0.5, 0.6) is 0 Å². The summed E-state index contributed by atoms with van der Waals surface area (Å²) in [5.41, 5.74) is 4.52. The van der Waals surface area contributed by atoms with Gasteiger partial charge in [-0.2, -0.15) is 5.26 Å². The third-order valence-corrected chi connectivity index (χ3v) is 6.13. The number of carbonyl (C=O) groups is 1. The van der Waals surface area contributed by atoms with E-state index in [2.05, 4.69) is 11.1 Å². The van der Waals surface area contributed by atoms with Crippen LogP contribution in [0.3, 0.4) is 0 Å². The molecular weight excluding hydrogens is 434 g/mol. The Morgan fingerprint density at radius 3 is 2.67 bits per heavy atom. The SMILES string of the molecule is N#Cc1ccccc1Cn1cc(/C=C(\Sc2nc3ccccc3o2)C(=O)O)c2ccccc21. The van der Waals surface area contributed by atoms with Gasteiger partial charge in [-0.3, -0.25) is 0 Å². The van der Waals surface area contributed by atoms with E-state index in [0.717, 1.165) is 33.8 Å². The highest BCUT2D eigenvalue weighted by atomic mass is 32.2. The van der Waals surface area contributed by atoms with Crippen LogP contribution in [0.4, 0.5) is 0 Å². The highest BCUT2D eigenvalue weighted by molar-refractivity contribution is 8.03. The molecule has 33 heavy (non-hydrogen) atoms. The number of carboxylic acids is 1. The number of nitriles is 1. The zero-order valence-corrected chi connectivity index (χ0v) is 18.1. The molecule has 0 amide bonds. The second-order valence-electron chi connectivity index (χ2n) is 7.36. The van der Waals surface area contributed by atoms with E-state index in [1.165, 1.54) is 0 Å². The molecule has 0 spiro atoms. The Labute approximate surface area is 193 Å². The monoisotopic (exact) mass is 451 g/mol. The smallest absolute Gasteiger partial charge is 0.342 e. The van der Waals surface area contributed by atoms with Gasteiger partial charge in [0.25, 0.3) is 5.22 Å². The molecule has 0 aliphatic carbocycles. The zero-order valence-electron chi connectivity index (χ0n) is 17.3. The van der Waals surface area contributed by atoms with Crippen LogP contribution in [0.1, 0.15) is 16.7 Å². The lowest BCUT2D eigenvalue weighted by Crippen LogP contribution is -2.00. The van der Waals surface area contributed by atoms with Crippen molar-refractivity contribution < 1.29 is 14.3 Å². The molecule has 1 N–H and O–H groups in total. The number of fused-ring (bicyclic) bond motifs is 2. The van der Waals surface area contributed by atoms with Gasteiger partial charge in [0.1, 0.15) is 10.4 Å². The van der Waals surface area contributed by atoms with E-state index in [-0.39, 0.29) is 10.1 Å². The van der Waals surface area contributed by atoms with Gasteiger partial charge in [0, 0.05) is 29.2 Å². The van der Waals surface area contributed by atoms with Crippen LogP contribution < -0.4 is 0 Å². The normalized spacial score (nSPS) is 11.7. The molecule has 0 aliphatic rings. The number of rotatable bonds is 6. The highest BCUT2D eigenvalue weighted by Gasteiger charge is 2.17. The molecule has 0 unspecified atom stereocenters. The first kappa shape index (κ1) is 20.6. The Balaban J connectivity index is 1.55. The van der Waals surface area contributed by atoms with Crippen molar-refractivity contribution in [3.8, 4) is 6.07 Å². The lowest BCUT2D eigenvalue weighted by molar-refractivity contribution is -0.131. The van der Waals surface area contributed by atoms with Crippen LogP contribution in [0.15, 0.2) is 93.5 Å². The van der Waals surface area contributed by atoms with Gasteiger partial charge in [-0.15, -0.1) is 0 Å². The molecule has 5 rings (SSSR count). The summed E-state index contributed by atoms with van der Waals surface area (Å²) in [6.07, 6.45) is 3.55. The minimum Gasteiger partial charge on any atom is -0.477 e. The van der Waals surface area contributed by atoms with Crippen LogP contribution in [0.2, 0.25) is 0 Å². The van der Waals surface area contributed by atoms with Gasteiger partial charge in [-0.05, 0) is 47.7 Å². The Morgan fingerprint density at radius 1 is 1.09 bits per heavy atom. The second-order valence-corrected chi connectivity index (χ2v) is 8.35. The van der Waals surface area contributed by atoms with Gasteiger partial charge in [0.2, 0.25) is 0 Å². The summed E-state index contributed by atoms with van der Waals surface area (Å²) in [5, 5.41) is 20.5. The minimum absolute atomic E-state index is 0.0990. The molecule has 7 heteroatoms. The number of hydrogen-bond donors (Lipinski definition) is 1. The molecule has 2 heterocycles. The van der Waals surface area contributed by atoms with Crippen LogP contribution in [0.25, 0.3) is 28.1 Å². The summed E-state index contributed by atoms with van der Waals surface area (Å²) in [6.45, 7) is 0.499. The Bertz CT molecular complexity index is 1540. The van der Waals surface area contributed by atoms with Crippen molar-refractivity contribution in [1.29, 1.82) is 5.26 Å². The first-order chi connectivity index (χ1) is 16.1. The Kier molecular flexibility index (Phi) is 5.43. The average Bonchev–Trinajstić information content (AvgIpc) is 3.40. The predicted octanol–water partition coefficient (Wildman–Crippen LogP) is 5.92. The van der Waals surface area contributed by atoms with Gasteiger partial charge < -0.3 is 14.1 Å². The van der Waals surface area contributed by atoms with Gasteiger partial charge in [-0.1, -0.05) is 48.5 Å². The van der Waals surface area contributed by atoms with Gasteiger partial charge in [-0.25, -0.2) is 9.78 Å². The van der Waals surface area contributed by atoms with Gasteiger partial charge in [0.15, 0.2) is 5.58 Å². The van der Waals surface area contributed by atoms with Crippen molar-refractivity contribution in [2.75, 3.05) is 0 Å². The van der Waals surface area contributed by atoms with Crippen molar-refractivity contribution in [3.05, 3.63) is 101 Å². The van der Waals surface area contributed by atoms with Gasteiger partial charge >= 0.3 is 5.97 Å². The van der Waals surface area contributed by atoms with E-state index in [4.69, 9.17) is 4.42 Å². The van der Waals surface area contributed by atoms with Crippen LogP contribution in [0, 0.1) is 11.3 Å². The molecule has 0 radical (unpaired) electrons. The first-order valence-corrected chi connectivity index (χ1v) is 11.0. The molecule has 0 fully saturated rings. The lowest BCUT2D eigenvalue weighted by Gasteiger charge is -2.07. The summed E-state index contributed by atoms with van der Waals surface area (Å²) >= 11 is 0.977. The fourth-order valence-corrected chi connectivity index (χ4v) is 4.47. The summed E-state index contributed by atoms with van der Waals surface area (Å²) in [5.74, 6) is -1.06. The highest BCUT2D eigenvalue weighted by Crippen LogP contribution is 2.33. The molecular formula is C26H17N3O3S. The number of thioether (sulfide) groups is 1. The molecule has 3 aromatic carbocycles. The van der Waals surface area contributed by atoms with Crippen molar-refractivity contribution >= 4 is 45.8 Å². The fourth-order valence-electron chi connectivity index (χ4n) is 3.74. The number of carboxylic acid groups (broad SMARTS) is 1. The molecule has 6 nitrogen and oxygen atoms in total. The van der Waals surface area contributed by atoms with Crippen molar-refractivity contribution in [2.45, 2.75) is 11.8 Å². The number of oxazole rings is 1. The third kappa shape index (κ3) is 4.12. The summed E-state index contributed by atoms with van der Waals surface area (Å²) < 4.78 is 7.72. The lowest BCUT2D eigenvalue weighted by atomic mass is 10.1. The quantitative estimate of drug-likeness (QED) is 0.254. The minimum atomic E-state index is -1.06. The van der Waals surface area contributed by atoms with Crippen LogP contribution >= 0.6 is 11.8 Å². The molecule has 0 saturated heterocycles. The van der Waals surface area contributed by atoms with E-state index in [0.29, 0.717) is 23.2 Å². The number of benzene rings is 3. The summed E-state index contributed by atoms with van der Waals surface area (Å²) in [6, 6.07) is 24.8. The molecule has 5 aromatic rings. The maximum absolute atomic E-state index is 12.0. The van der Waals surface area contributed by atoms with Gasteiger partial charge in [0.05, 0.1) is 11.6 Å². The number of para-hydroxylation sites is 3. The third-order valence-electron chi connectivity index (χ3n) is 5.27. The summed E-state index contributed by atoms with van der Waals surface area (Å²) in [4.78, 5) is 16.5. The van der Waals surface area contributed by atoms with Crippen molar-refractivity contribution in [1.82, 2.24) is 9.55 Å². The maximum atomic E-state index is 12.0. The number of aromatic nitrogens is 2. The topological polar surface area (TPSA) is 92.0 Å². The van der Waals surface area contributed by atoms with Crippen LogP contribution in [-0.4, -0.2) is 20.6 Å². The van der Waals surface area contributed by atoms with E-state index >= 15 is 0 Å². The standard InChI is InChI=1S/C26H17N3O3S/c27-14-17-7-1-2-8-18(17)15-29-16-19(20-9-3-5-11-22(20)29)13-24(25(30)31)33-26-28-21-10-4-6-12-23(21)32-26/h1-13,16H,15H2,(H,30,31)/b24-13-. The fraction of sp³-hybridized carbons (Fsp3) is 0.0385. The Hall–Kier alpha value is -4.28. The van der Waals surface area contributed by atoms with E-state index in [1.54, 1.807) is 18.2 Å². The molecule has 0 saturated carbocycles. The van der Waals surface area contributed by atoms with Crippen molar-refractivity contribution in [2.24, 2.45) is 0 Å². The molecule has 0 atom stereocenters. The molecule has 160 valence electrons. The number of hydrogen-bond acceptors (Lipinski definition) is 5. The average molecular weight is 452 g/mol. The van der Waals surface area contributed by atoms with Crippen molar-refractivity contribution in [3.63, 3.8) is 0 Å². The first-order valence-electron chi connectivity index (χ1n) is 10.2. The predicted molar refractivity (Wildman–Crippen MR) is 128 cm³/mol. The summed E-state index contributed by atoms with van der Waals surface area (Å²) in [7, 11) is 0. The largest absolute Gasteiger partial charge is 0.477 e. The molecule has 2 aromatic heterocycles. The van der Waals surface area contributed by atoms with Crippen LogP contribution in [-0.2, 0) is 11.3 Å².